The van der Waals surface area contributed by atoms with Crippen LogP contribution in [0.1, 0.15) is 24.9 Å². The molecule has 0 radical (unpaired) electrons. The molecule has 1 rings (SSSR count). The summed E-state index contributed by atoms with van der Waals surface area (Å²) < 4.78 is 18.7. The Labute approximate surface area is 132 Å². The average molecular weight is 330 g/mol. The van der Waals surface area contributed by atoms with Gasteiger partial charge in [0.2, 0.25) is 5.91 Å². The van der Waals surface area contributed by atoms with Crippen molar-refractivity contribution >= 4 is 23.5 Å². The molecule has 0 aliphatic rings. The van der Waals surface area contributed by atoms with E-state index in [9.17, 15) is 19.1 Å². The summed E-state index contributed by atoms with van der Waals surface area (Å²) in [6.45, 7) is 5.32. The molecule has 2 atom stereocenters. The third-order valence-corrected chi connectivity index (χ3v) is 3.18. The van der Waals surface area contributed by atoms with Crippen LogP contribution in [-0.2, 0) is 14.3 Å². The van der Waals surface area contributed by atoms with Crippen LogP contribution in [0.4, 0.5) is 4.39 Å². The molecule has 0 saturated heterocycles. The molecule has 5 nitrogen and oxygen atoms in total. The number of nitrogens with one attached hydrogen (secondary N) is 1. The van der Waals surface area contributed by atoms with Gasteiger partial charge in [0, 0.05) is 0 Å². The molecule has 0 bridgehead atoms. The molecule has 2 N–H and O–H groups in total. The minimum Gasteiger partial charge on any atom is -0.479 e. The molecule has 0 spiro atoms. The second-order valence-corrected chi connectivity index (χ2v) is 4.95. The summed E-state index contributed by atoms with van der Waals surface area (Å²) in [5.41, 5.74) is 0.0843. The van der Waals surface area contributed by atoms with Crippen LogP contribution in [0, 0.1) is 5.82 Å². The highest BCUT2D eigenvalue weighted by Gasteiger charge is 2.25. The molecular weight excluding hydrogens is 313 g/mol. The van der Waals surface area contributed by atoms with Gasteiger partial charge in [-0.3, -0.25) is 4.79 Å². The number of carbonyl (C=O) groups excluding carboxylic acids is 1. The Balaban J connectivity index is 2.79. The van der Waals surface area contributed by atoms with Gasteiger partial charge < -0.3 is 15.2 Å². The maximum Gasteiger partial charge on any atom is 0.330 e. The summed E-state index contributed by atoms with van der Waals surface area (Å²) in [5, 5.41) is 11.4. The number of amides is 1. The highest BCUT2D eigenvalue weighted by atomic mass is 35.5. The fraction of sp³-hybridized carbons (Fsp3) is 0.333. The Morgan fingerprint density at radius 3 is 2.77 bits per heavy atom. The normalized spacial score (nSPS) is 13.2. The molecule has 1 aromatic carbocycles. The van der Waals surface area contributed by atoms with Crippen molar-refractivity contribution in [2.45, 2.75) is 25.5 Å². The molecule has 1 aromatic rings. The van der Waals surface area contributed by atoms with Crippen molar-refractivity contribution in [3.05, 3.63) is 47.3 Å². The molecule has 7 heteroatoms. The Kier molecular flexibility index (Phi) is 7.01. The van der Waals surface area contributed by atoms with Gasteiger partial charge in [-0.15, -0.1) is 6.58 Å². The monoisotopic (exact) mass is 329 g/mol. The smallest absolute Gasteiger partial charge is 0.330 e. The van der Waals surface area contributed by atoms with Crippen LogP contribution < -0.4 is 5.32 Å². The van der Waals surface area contributed by atoms with Crippen molar-refractivity contribution in [2.75, 3.05) is 6.61 Å². The topological polar surface area (TPSA) is 75.6 Å². The molecule has 0 saturated carbocycles. The van der Waals surface area contributed by atoms with E-state index in [1.807, 2.05) is 0 Å². The number of rotatable bonds is 8. The molecule has 22 heavy (non-hydrogen) atoms. The quantitative estimate of drug-likeness (QED) is 0.568. The van der Waals surface area contributed by atoms with Crippen LogP contribution >= 0.6 is 11.6 Å². The molecule has 0 aliphatic carbocycles. The van der Waals surface area contributed by atoms with Gasteiger partial charge in [-0.2, -0.15) is 0 Å². The molecule has 120 valence electrons. The number of benzene rings is 1. The lowest BCUT2D eigenvalue weighted by atomic mass is 10.1. The molecule has 0 aliphatic heterocycles. The predicted octanol–water partition coefficient (Wildman–Crippen LogP) is 2.70. The number of halogens is 2. The van der Waals surface area contributed by atoms with Gasteiger partial charge in [0.25, 0.3) is 0 Å². The minimum absolute atomic E-state index is 0.0843. The van der Waals surface area contributed by atoms with Crippen LogP contribution in [0.3, 0.4) is 0 Å². The summed E-state index contributed by atoms with van der Waals surface area (Å²) in [6.07, 6.45) is 1.38. The number of carbonyl (C=O) groups is 2. The number of hydrogen-bond donors (Lipinski definition) is 2. The van der Waals surface area contributed by atoms with Crippen LogP contribution in [0.2, 0.25) is 5.02 Å². The second-order valence-electron chi connectivity index (χ2n) is 4.54. The second kappa shape index (κ2) is 8.51. The van der Waals surface area contributed by atoms with Crippen molar-refractivity contribution < 1.29 is 23.8 Å². The molecular formula is C15H17ClFNO4. The van der Waals surface area contributed by atoms with Gasteiger partial charge in [-0.1, -0.05) is 23.7 Å². The maximum absolute atomic E-state index is 13.4. The highest BCUT2D eigenvalue weighted by molar-refractivity contribution is 6.30. The molecule has 0 heterocycles. The number of ether oxygens (including phenoxy) is 1. The molecule has 0 fully saturated rings. The van der Waals surface area contributed by atoms with Crippen molar-refractivity contribution in [1.82, 2.24) is 5.32 Å². The summed E-state index contributed by atoms with van der Waals surface area (Å²) in [7, 11) is 0. The summed E-state index contributed by atoms with van der Waals surface area (Å²) in [6, 6.07) is 2.17. The zero-order valence-corrected chi connectivity index (χ0v) is 12.8. The first-order valence-electron chi connectivity index (χ1n) is 6.57. The first-order valence-corrected chi connectivity index (χ1v) is 6.95. The van der Waals surface area contributed by atoms with Gasteiger partial charge in [-0.05, 0) is 31.0 Å². The highest BCUT2D eigenvalue weighted by Crippen LogP contribution is 2.20. The number of carboxylic acids is 1. The summed E-state index contributed by atoms with van der Waals surface area (Å²) >= 11 is 5.55. The van der Waals surface area contributed by atoms with Crippen LogP contribution in [0.15, 0.2) is 30.9 Å². The predicted molar refractivity (Wildman–Crippen MR) is 80.2 cm³/mol. The Morgan fingerprint density at radius 1 is 1.55 bits per heavy atom. The van der Waals surface area contributed by atoms with Gasteiger partial charge in [0.05, 0.1) is 11.6 Å². The van der Waals surface area contributed by atoms with Gasteiger partial charge in [0.15, 0.2) is 6.04 Å². The van der Waals surface area contributed by atoms with Crippen molar-refractivity contribution in [2.24, 2.45) is 0 Å². The van der Waals surface area contributed by atoms with E-state index in [0.29, 0.717) is 13.0 Å². The lowest BCUT2D eigenvalue weighted by molar-refractivity contribution is -0.144. The summed E-state index contributed by atoms with van der Waals surface area (Å²) in [5.74, 6) is -2.67. The average Bonchev–Trinajstić information content (AvgIpc) is 2.47. The van der Waals surface area contributed by atoms with Crippen LogP contribution in [0.25, 0.3) is 0 Å². The zero-order chi connectivity index (χ0) is 16.7. The van der Waals surface area contributed by atoms with Crippen molar-refractivity contribution in [1.29, 1.82) is 0 Å². The van der Waals surface area contributed by atoms with Crippen LogP contribution in [-0.4, -0.2) is 29.7 Å². The van der Waals surface area contributed by atoms with E-state index < -0.39 is 29.8 Å². The molecule has 0 aromatic heterocycles. The largest absolute Gasteiger partial charge is 0.479 e. The Morgan fingerprint density at radius 2 is 2.23 bits per heavy atom. The SMILES string of the molecule is C=CCCOC(C)C(=O)NC(C(=O)O)c1ccc(Cl)c(F)c1. The van der Waals surface area contributed by atoms with Crippen molar-refractivity contribution in [3.8, 4) is 0 Å². The van der Waals surface area contributed by atoms with E-state index in [1.165, 1.54) is 19.1 Å². The lowest BCUT2D eigenvalue weighted by Crippen LogP contribution is -2.40. The van der Waals surface area contributed by atoms with E-state index in [1.54, 1.807) is 6.08 Å². The maximum atomic E-state index is 13.4. The molecule has 2 unspecified atom stereocenters. The third kappa shape index (κ3) is 5.13. The number of aliphatic carboxylic acids is 1. The van der Waals surface area contributed by atoms with E-state index in [0.717, 1.165) is 6.07 Å². The first kappa shape index (κ1) is 18.1. The first-order chi connectivity index (χ1) is 10.4. The number of hydrogen-bond acceptors (Lipinski definition) is 3. The Hall–Kier alpha value is -1.92. The Bertz CT molecular complexity index is 564. The fourth-order valence-electron chi connectivity index (χ4n) is 1.64. The van der Waals surface area contributed by atoms with Crippen LogP contribution in [0.5, 0.6) is 0 Å². The lowest BCUT2D eigenvalue weighted by Gasteiger charge is -2.18. The molecule has 1 amide bonds. The third-order valence-electron chi connectivity index (χ3n) is 2.87. The zero-order valence-electron chi connectivity index (χ0n) is 12.0. The van der Waals surface area contributed by atoms with E-state index in [2.05, 4.69) is 11.9 Å². The van der Waals surface area contributed by atoms with Gasteiger partial charge in [0.1, 0.15) is 11.9 Å². The fourth-order valence-corrected chi connectivity index (χ4v) is 1.76. The van der Waals surface area contributed by atoms with Gasteiger partial charge in [-0.25, -0.2) is 9.18 Å². The standard InChI is InChI=1S/C15H17ClFNO4/c1-3-4-7-22-9(2)14(19)18-13(15(20)21)10-5-6-11(16)12(17)8-10/h3,5-6,8-9,13H,1,4,7H2,2H3,(H,18,19)(H,20,21). The minimum atomic E-state index is -1.38. The number of carboxylic acid groups (broad SMARTS) is 1. The van der Waals surface area contributed by atoms with E-state index in [4.69, 9.17) is 16.3 Å². The summed E-state index contributed by atoms with van der Waals surface area (Å²) in [4.78, 5) is 23.2. The van der Waals surface area contributed by atoms with Gasteiger partial charge >= 0.3 is 5.97 Å². The van der Waals surface area contributed by atoms with Crippen molar-refractivity contribution in [3.63, 3.8) is 0 Å². The van der Waals surface area contributed by atoms with E-state index in [-0.39, 0.29) is 10.6 Å². The van der Waals surface area contributed by atoms with E-state index >= 15 is 0 Å².